The van der Waals surface area contributed by atoms with Crippen molar-refractivity contribution in [3.63, 3.8) is 0 Å². The highest BCUT2D eigenvalue weighted by atomic mass is 79.9. The maximum absolute atomic E-state index is 13.2. The van der Waals surface area contributed by atoms with E-state index in [1.807, 2.05) is 72.8 Å². The van der Waals surface area contributed by atoms with Crippen molar-refractivity contribution in [2.45, 2.75) is 63.7 Å². The van der Waals surface area contributed by atoms with Crippen molar-refractivity contribution in [1.82, 2.24) is 9.80 Å². The van der Waals surface area contributed by atoms with E-state index >= 15 is 0 Å². The average Bonchev–Trinajstić information content (AvgIpc) is 3.07. The van der Waals surface area contributed by atoms with Crippen LogP contribution in [0.2, 0.25) is 25.2 Å². The summed E-state index contributed by atoms with van der Waals surface area (Å²) < 4.78 is 0.871. The lowest BCUT2D eigenvalue weighted by Gasteiger charge is -2.32. The van der Waals surface area contributed by atoms with E-state index in [1.54, 1.807) is 0 Å². The largest absolute Gasteiger partial charge is 1.00 e. The highest BCUT2D eigenvalue weighted by Gasteiger charge is 2.34. The molecule has 0 fully saturated rings. The van der Waals surface area contributed by atoms with Gasteiger partial charge in [0.15, 0.2) is 0 Å². The summed E-state index contributed by atoms with van der Waals surface area (Å²) in [4.78, 5) is 55.8. The van der Waals surface area contributed by atoms with E-state index in [2.05, 4.69) is 27.2 Å². The highest BCUT2D eigenvalue weighted by molar-refractivity contribution is 6.77. The third-order valence-electron chi connectivity index (χ3n) is 10.5. The van der Waals surface area contributed by atoms with E-state index in [0.29, 0.717) is 35.3 Å². The number of imide groups is 2. The Morgan fingerprint density at radius 1 is 0.510 bits per heavy atom. The number of benzene rings is 4. The minimum atomic E-state index is -1.44. The van der Waals surface area contributed by atoms with Crippen molar-refractivity contribution in [3.05, 3.63) is 95.1 Å². The van der Waals surface area contributed by atoms with Crippen molar-refractivity contribution < 1.29 is 40.6 Å². The molecule has 2 aliphatic heterocycles. The van der Waals surface area contributed by atoms with E-state index in [4.69, 9.17) is 0 Å². The lowest BCUT2D eigenvalue weighted by Crippen LogP contribution is -3.00. The summed E-state index contributed by atoms with van der Waals surface area (Å²) in [5.41, 5.74) is 2.52. The Labute approximate surface area is 301 Å². The van der Waals surface area contributed by atoms with Crippen molar-refractivity contribution in [1.29, 1.82) is 0 Å². The van der Waals surface area contributed by atoms with Crippen LogP contribution >= 0.6 is 0 Å². The number of amides is 4. The molecule has 7 nitrogen and oxygen atoms in total. The summed E-state index contributed by atoms with van der Waals surface area (Å²) in [5, 5.41) is 3.45. The van der Waals surface area contributed by atoms with Gasteiger partial charge in [0.05, 0.1) is 27.2 Å². The van der Waals surface area contributed by atoms with Gasteiger partial charge in [-0.1, -0.05) is 86.6 Å². The summed E-state index contributed by atoms with van der Waals surface area (Å²) in [6.07, 6.45) is 6.41. The summed E-state index contributed by atoms with van der Waals surface area (Å²) in [7, 11) is 3.03. The average molecular weight is 743 g/mol. The van der Waals surface area contributed by atoms with Crippen molar-refractivity contribution in [3.8, 4) is 0 Å². The lowest BCUT2D eigenvalue weighted by molar-refractivity contribution is -0.890. The van der Waals surface area contributed by atoms with Crippen LogP contribution in [-0.4, -0.2) is 86.3 Å². The predicted molar refractivity (Wildman–Crippen MR) is 195 cm³/mol. The van der Waals surface area contributed by atoms with Crippen LogP contribution in [-0.2, 0) is 0 Å². The van der Waals surface area contributed by atoms with E-state index in [-0.39, 0.29) is 40.6 Å². The Hall–Kier alpha value is -3.66. The number of carbonyl (C=O) groups is 4. The number of hydrogen-bond acceptors (Lipinski definition) is 4. The van der Waals surface area contributed by atoms with Gasteiger partial charge in [-0.15, -0.1) is 0 Å². The highest BCUT2D eigenvalue weighted by Crippen LogP contribution is 2.32. The van der Waals surface area contributed by atoms with Gasteiger partial charge in [0.25, 0.3) is 23.6 Å². The first-order valence-electron chi connectivity index (χ1n) is 17.6. The Morgan fingerprint density at radius 3 is 1.33 bits per heavy atom. The molecule has 0 spiro atoms. The third-order valence-corrected chi connectivity index (χ3v) is 13.9. The van der Waals surface area contributed by atoms with Crippen LogP contribution in [0.5, 0.6) is 0 Å². The fourth-order valence-electron chi connectivity index (χ4n) is 7.67. The Kier molecular flexibility index (Phi) is 11.3. The number of quaternary nitrogens is 1. The van der Waals surface area contributed by atoms with Crippen LogP contribution < -0.4 is 17.0 Å². The second-order valence-electron chi connectivity index (χ2n) is 15.1. The molecule has 0 aromatic heterocycles. The van der Waals surface area contributed by atoms with Gasteiger partial charge in [-0.05, 0) is 54.3 Å². The summed E-state index contributed by atoms with van der Waals surface area (Å²) >= 11 is 0. The normalized spacial score (nSPS) is 14.6. The van der Waals surface area contributed by atoms with Crippen LogP contribution in [0.1, 0.15) is 80.0 Å². The smallest absolute Gasteiger partial charge is 0.261 e. The zero-order chi connectivity index (χ0) is 34.1. The SMILES string of the molecule is C[N+](C)(CCCCCC[Si](C)(C)CCCN1C(=O)c2cccc3cccc(c23)C1=O)CCCN1C(=O)c2cccc3cccc(c23)C1=O.[Br-]. The molecular weight excluding hydrogens is 694 g/mol. The molecule has 2 heterocycles. The molecule has 4 aromatic rings. The van der Waals surface area contributed by atoms with E-state index in [1.165, 1.54) is 35.1 Å². The number of rotatable bonds is 15. The van der Waals surface area contributed by atoms with Crippen LogP contribution in [0, 0.1) is 0 Å². The second-order valence-corrected chi connectivity index (χ2v) is 20.4. The van der Waals surface area contributed by atoms with Gasteiger partial charge >= 0.3 is 0 Å². The first-order valence-corrected chi connectivity index (χ1v) is 21.0. The molecule has 0 aliphatic carbocycles. The van der Waals surface area contributed by atoms with E-state index in [0.717, 1.165) is 64.4 Å². The molecule has 0 saturated heterocycles. The topological polar surface area (TPSA) is 74.8 Å². The molecule has 2 aliphatic rings. The molecular formula is C40H48BrN3O4Si. The molecule has 0 unspecified atom stereocenters. The zero-order valence-electron chi connectivity index (χ0n) is 29.3. The van der Waals surface area contributed by atoms with Gasteiger partial charge in [-0.2, -0.15) is 0 Å². The first-order chi connectivity index (χ1) is 23.0. The molecule has 0 N–H and O–H groups in total. The van der Waals surface area contributed by atoms with Crippen molar-refractivity contribution >= 4 is 53.2 Å². The number of carbonyl (C=O) groups excluding carboxylic acids is 4. The molecule has 4 amide bonds. The minimum Gasteiger partial charge on any atom is -1.00 e. The van der Waals surface area contributed by atoms with Crippen LogP contribution in [0.3, 0.4) is 0 Å². The summed E-state index contributed by atoms with van der Waals surface area (Å²) in [6, 6.07) is 25.1. The Morgan fingerprint density at radius 2 is 0.878 bits per heavy atom. The lowest BCUT2D eigenvalue weighted by atomic mass is 9.94. The number of nitrogens with zero attached hydrogens (tertiary/aromatic N) is 3. The molecule has 0 atom stereocenters. The maximum atomic E-state index is 13.2. The van der Waals surface area contributed by atoms with Crippen LogP contribution in [0.15, 0.2) is 72.8 Å². The summed E-state index contributed by atoms with van der Waals surface area (Å²) in [6.45, 7) is 7.76. The molecule has 49 heavy (non-hydrogen) atoms. The standard InChI is InChI=1S/C40H48N3O4Si.BrH/c1-43(2,26-13-23-41-37(44)31-19-9-15-29-16-10-20-32(35(29)31)38(41)45)25-7-5-6-8-27-48(3,4)28-14-24-42-39(46)33-21-11-17-30-18-12-22-34(36(30)33)40(42)47;/h9-12,15-22H,5-8,13-14,23-28H2,1-4H3;1H/q+1;/p-1. The molecule has 0 saturated carbocycles. The number of unbranched alkanes of at least 4 members (excludes halogenated alkanes) is 3. The van der Waals surface area contributed by atoms with Crippen molar-refractivity contribution in [2.75, 3.05) is 40.3 Å². The Bertz CT molecular complexity index is 1670. The molecule has 6 rings (SSSR count). The number of halogens is 1. The van der Waals surface area contributed by atoms with Gasteiger partial charge in [0, 0.05) is 60.6 Å². The van der Waals surface area contributed by atoms with E-state index in [9.17, 15) is 19.2 Å². The minimum absolute atomic E-state index is 0. The second kappa shape index (κ2) is 15.1. The third kappa shape index (κ3) is 7.74. The molecule has 258 valence electrons. The fraction of sp³-hybridized carbons (Fsp3) is 0.400. The zero-order valence-corrected chi connectivity index (χ0v) is 31.9. The van der Waals surface area contributed by atoms with Gasteiger partial charge in [0.1, 0.15) is 0 Å². The maximum Gasteiger partial charge on any atom is 0.261 e. The predicted octanol–water partition coefficient (Wildman–Crippen LogP) is 5.01. The van der Waals surface area contributed by atoms with Crippen LogP contribution in [0.25, 0.3) is 21.5 Å². The van der Waals surface area contributed by atoms with Gasteiger partial charge < -0.3 is 21.5 Å². The molecule has 0 bridgehead atoms. The Balaban J connectivity index is 0.00000468. The number of hydrogen-bond donors (Lipinski definition) is 0. The summed E-state index contributed by atoms with van der Waals surface area (Å²) in [5.74, 6) is -0.694. The monoisotopic (exact) mass is 741 g/mol. The van der Waals surface area contributed by atoms with Crippen molar-refractivity contribution in [2.24, 2.45) is 0 Å². The van der Waals surface area contributed by atoms with E-state index < -0.39 is 8.07 Å². The molecule has 0 radical (unpaired) electrons. The van der Waals surface area contributed by atoms with Crippen LogP contribution in [0.4, 0.5) is 0 Å². The van der Waals surface area contributed by atoms with Gasteiger partial charge in [0.2, 0.25) is 0 Å². The quantitative estimate of drug-likeness (QED) is 0.0744. The molecule has 9 heteroatoms. The fourth-order valence-corrected chi connectivity index (χ4v) is 10.2. The first kappa shape index (κ1) is 36.6. The van der Waals surface area contributed by atoms with Gasteiger partial charge in [-0.25, -0.2) is 0 Å². The van der Waals surface area contributed by atoms with Gasteiger partial charge in [-0.3, -0.25) is 29.0 Å². The molecule has 4 aromatic carbocycles.